The standard InChI is InChI=1S/C20H26N2O/c1-18-7-9-20(10-8-18)22(17-19-5-3-2-4-6-19)12-11-21-13-15-23-16-14-21/h2-10H,11-17H2,1H3. The fourth-order valence-electron chi connectivity index (χ4n) is 2.95. The van der Waals surface area contributed by atoms with Gasteiger partial charge in [0.2, 0.25) is 0 Å². The molecule has 23 heavy (non-hydrogen) atoms. The van der Waals surface area contributed by atoms with Gasteiger partial charge in [-0.25, -0.2) is 0 Å². The second-order valence-electron chi connectivity index (χ2n) is 6.20. The molecule has 1 aliphatic rings. The smallest absolute Gasteiger partial charge is 0.0594 e. The first-order valence-electron chi connectivity index (χ1n) is 8.47. The molecule has 2 aromatic rings. The van der Waals surface area contributed by atoms with Crippen LogP contribution in [0.2, 0.25) is 0 Å². The lowest BCUT2D eigenvalue weighted by atomic mass is 10.1. The van der Waals surface area contributed by atoms with Crippen LogP contribution in [0.3, 0.4) is 0 Å². The summed E-state index contributed by atoms with van der Waals surface area (Å²) < 4.78 is 5.44. The van der Waals surface area contributed by atoms with Crippen molar-refractivity contribution in [2.24, 2.45) is 0 Å². The van der Waals surface area contributed by atoms with Gasteiger partial charge in [-0.2, -0.15) is 0 Å². The molecule has 0 saturated carbocycles. The Morgan fingerprint density at radius 2 is 1.65 bits per heavy atom. The summed E-state index contributed by atoms with van der Waals surface area (Å²) in [6.07, 6.45) is 0. The van der Waals surface area contributed by atoms with Crippen molar-refractivity contribution in [1.29, 1.82) is 0 Å². The van der Waals surface area contributed by atoms with E-state index >= 15 is 0 Å². The number of hydrogen-bond donors (Lipinski definition) is 0. The van der Waals surface area contributed by atoms with E-state index in [0.29, 0.717) is 0 Å². The highest BCUT2D eigenvalue weighted by molar-refractivity contribution is 5.48. The number of nitrogens with zero attached hydrogens (tertiary/aromatic N) is 2. The van der Waals surface area contributed by atoms with Crippen molar-refractivity contribution in [3.8, 4) is 0 Å². The largest absolute Gasteiger partial charge is 0.379 e. The van der Waals surface area contributed by atoms with Crippen molar-refractivity contribution in [1.82, 2.24) is 4.90 Å². The van der Waals surface area contributed by atoms with Crippen LogP contribution < -0.4 is 4.90 Å². The molecule has 0 radical (unpaired) electrons. The molecule has 1 saturated heterocycles. The Kier molecular flexibility index (Phi) is 5.67. The Morgan fingerprint density at radius 3 is 2.35 bits per heavy atom. The number of aryl methyl sites for hydroxylation is 1. The second kappa shape index (κ2) is 8.14. The van der Waals surface area contributed by atoms with Crippen LogP contribution >= 0.6 is 0 Å². The van der Waals surface area contributed by atoms with Gasteiger partial charge in [-0.05, 0) is 24.6 Å². The van der Waals surface area contributed by atoms with E-state index in [0.717, 1.165) is 45.9 Å². The maximum Gasteiger partial charge on any atom is 0.0594 e. The van der Waals surface area contributed by atoms with Gasteiger partial charge in [-0.1, -0.05) is 48.0 Å². The van der Waals surface area contributed by atoms with Crippen LogP contribution in [0.5, 0.6) is 0 Å². The zero-order valence-electron chi connectivity index (χ0n) is 13.9. The van der Waals surface area contributed by atoms with E-state index < -0.39 is 0 Å². The zero-order chi connectivity index (χ0) is 15.9. The van der Waals surface area contributed by atoms with Crippen LogP contribution in [0.25, 0.3) is 0 Å². The molecule has 0 amide bonds. The lowest BCUT2D eigenvalue weighted by molar-refractivity contribution is 0.0391. The first kappa shape index (κ1) is 16.0. The van der Waals surface area contributed by atoms with Crippen LogP contribution in [-0.2, 0) is 11.3 Å². The van der Waals surface area contributed by atoms with Crippen molar-refractivity contribution in [3.63, 3.8) is 0 Å². The van der Waals surface area contributed by atoms with Crippen LogP contribution in [0.1, 0.15) is 11.1 Å². The SMILES string of the molecule is Cc1ccc(N(CCN2CCOCC2)Cc2ccccc2)cc1. The van der Waals surface area contributed by atoms with Gasteiger partial charge in [0.15, 0.2) is 0 Å². The molecule has 3 nitrogen and oxygen atoms in total. The van der Waals surface area contributed by atoms with E-state index in [1.807, 2.05) is 0 Å². The van der Waals surface area contributed by atoms with Crippen LogP contribution in [-0.4, -0.2) is 44.3 Å². The molecule has 3 rings (SSSR count). The molecule has 0 unspecified atom stereocenters. The molecule has 0 aromatic heterocycles. The number of anilines is 1. The molecular weight excluding hydrogens is 284 g/mol. The predicted molar refractivity (Wildman–Crippen MR) is 95.9 cm³/mol. The first-order valence-corrected chi connectivity index (χ1v) is 8.47. The van der Waals surface area contributed by atoms with Gasteiger partial charge in [0, 0.05) is 38.4 Å². The third kappa shape index (κ3) is 4.81. The van der Waals surface area contributed by atoms with Crippen LogP contribution in [0.15, 0.2) is 54.6 Å². The topological polar surface area (TPSA) is 15.7 Å². The quantitative estimate of drug-likeness (QED) is 0.814. The molecule has 0 spiro atoms. The molecule has 1 aliphatic heterocycles. The second-order valence-corrected chi connectivity index (χ2v) is 6.20. The summed E-state index contributed by atoms with van der Waals surface area (Å²) in [6.45, 7) is 9.04. The van der Waals surface area contributed by atoms with Gasteiger partial charge >= 0.3 is 0 Å². The number of morpholine rings is 1. The fraction of sp³-hybridized carbons (Fsp3) is 0.400. The summed E-state index contributed by atoms with van der Waals surface area (Å²) >= 11 is 0. The highest BCUT2D eigenvalue weighted by Gasteiger charge is 2.13. The summed E-state index contributed by atoms with van der Waals surface area (Å²) in [5.74, 6) is 0. The number of benzene rings is 2. The number of hydrogen-bond acceptors (Lipinski definition) is 3. The minimum atomic E-state index is 0.864. The van der Waals surface area contributed by atoms with Crippen LogP contribution in [0, 0.1) is 6.92 Å². The third-order valence-corrected chi connectivity index (χ3v) is 4.41. The van der Waals surface area contributed by atoms with Gasteiger partial charge in [-0.15, -0.1) is 0 Å². The molecular formula is C20H26N2O. The third-order valence-electron chi connectivity index (χ3n) is 4.41. The molecule has 0 N–H and O–H groups in total. The molecule has 0 aliphatic carbocycles. The van der Waals surface area contributed by atoms with Crippen molar-refractivity contribution in [2.75, 3.05) is 44.3 Å². The number of rotatable bonds is 6. The molecule has 1 heterocycles. The molecule has 2 aromatic carbocycles. The van der Waals surface area contributed by atoms with Gasteiger partial charge in [0.05, 0.1) is 13.2 Å². The summed E-state index contributed by atoms with van der Waals surface area (Å²) in [7, 11) is 0. The highest BCUT2D eigenvalue weighted by atomic mass is 16.5. The van der Waals surface area contributed by atoms with Crippen molar-refractivity contribution < 1.29 is 4.74 Å². The van der Waals surface area contributed by atoms with E-state index in [4.69, 9.17) is 4.74 Å². The van der Waals surface area contributed by atoms with Gasteiger partial charge in [-0.3, -0.25) is 4.90 Å². The van der Waals surface area contributed by atoms with E-state index in [1.54, 1.807) is 0 Å². The van der Waals surface area contributed by atoms with Crippen molar-refractivity contribution in [3.05, 3.63) is 65.7 Å². The van der Waals surface area contributed by atoms with E-state index in [1.165, 1.54) is 16.8 Å². The summed E-state index contributed by atoms with van der Waals surface area (Å²) in [5, 5.41) is 0. The number of ether oxygens (including phenoxy) is 1. The Bertz CT molecular complexity index is 576. The first-order chi connectivity index (χ1) is 11.3. The Labute approximate surface area is 139 Å². The molecule has 122 valence electrons. The predicted octanol–water partition coefficient (Wildman–Crippen LogP) is 3.33. The summed E-state index contributed by atoms with van der Waals surface area (Å²) in [5.41, 5.74) is 3.96. The normalized spacial score (nSPS) is 15.5. The maximum atomic E-state index is 5.44. The minimum absolute atomic E-state index is 0.864. The lowest BCUT2D eigenvalue weighted by Crippen LogP contribution is -2.41. The average molecular weight is 310 g/mol. The highest BCUT2D eigenvalue weighted by Crippen LogP contribution is 2.18. The van der Waals surface area contributed by atoms with Crippen molar-refractivity contribution in [2.45, 2.75) is 13.5 Å². The summed E-state index contributed by atoms with van der Waals surface area (Å²) in [4.78, 5) is 4.97. The molecule has 1 fully saturated rings. The average Bonchev–Trinajstić information content (AvgIpc) is 2.61. The van der Waals surface area contributed by atoms with Crippen LogP contribution in [0.4, 0.5) is 5.69 Å². The Hall–Kier alpha value is -1.84. The van der Waals surface area contributed by atoms with Gasteiger partial charge in [0.25, 0.3) is 0 Å². The van der Waals surface area contributed by atoms with Gasteiger partial charge in [0.1, 0.15) is 0 Å². The fourth-order valence-corrected chi connectivity index (χ4v) is 2.95. The van der Waals surface area contributed by atoms with E-state index in [-0.39, 0.29) is 0 Å². The Balaban J connectivity index is 1.68. The molecule has 0 atom stereocenters. The van der Waals surface area contributed by atoms with E-state index in [2.05, 4.69) is 71.3 Å². The van der Waals surface area contributed by atoms with Gasteiger partial charge < -0.3 is 9.64 Å². The van der Waals surface area contributed by atoms with E-state index in [9.17, 15) is 0 Å². The monoisotopic (exact) mass is 310 g/mol. The molecule has 0 bridgehead atoms. The summed E-state index contributed by atoms with van der Waals surface area (Å²) in [6, 6.07) is 19.6. The molecule has 3 heteroatoms. The maximum absolute atomic E-state index is 5.44. The van der Waals surface area contributed by atoms with Crippen molar-refractivity contribution >= 4 is 5.69 Å². The Morgan fingerprint density at radius 1 is 0.957 bits per heavy atom. The zero-order valence-corrected chi connectivity index (χ0v) is 13.9. The lowest BCUT2D eigenvalue weighted by Gasteiger charge is -2.31. The minimum Gasteiger partial charge on any atom is -0.379 e.